The maximum Gasteiger partial charge on any atom is 0.122 e. The first-order chi connectivity index (χ1) is 9.93. The fourth-order valence-electron chi connectivity index (χ4n) is 1.91. The topological polar surface area (TPSA) is 73.9 Å². The number of ether oxygens (including phenoxy) is 3. The molecule has 0 amide bonds. The van der Waals surface area contributed by atoms with Gasteiger partial charge in [-0.15, -0.1) is 0 Å². The summed E-state index contributed by atoms with van der Waals surface area (Å²) in [6, 6.07) is 5.83. The van der Waals surface area contributed by atoms with Crippen molar-refractivity contribution in [3.8, 4) is 5.75 Å². The van der Waals surface area contributed by atoms with E-state index in [-0.39, 0.29) is 25.4 Å². The van der Waals surface area contributed by atoms with Gasteiger partial charge in [0.2, 0.25) is 0 Å². The lowest BCUT2D eigenvalue weighted by Crippen LogP contribution is -2.27. The third kappa shape index (κ3) is 6.44. The van der Waals surface area contributed by atoms with E-state index in [0.29, 0.717) is 6.61 Å². The highest BCUT2D eigenvalue weighted by Crippen LogP contribution is 2.22. The zero-order valence-electron chi connectivity index (χ0n) is 13.3. The summed E-state index contributed by atoms with van der Waals surface area (Å²) < 4.78 is 16.0. The molecule has 0 aliphatic heterocycles. The number of nitrogens with two attached hydrogens (primary N) is 1. The molecule has 0 heterocycles. The molecule has 5 nitrogen and oxygen atoms in total. The Morgan fingerprint density at radius 1 is 1.19 bits per heavy atom. The average Bonchev–Trinajstić information content (AvgIpc) is 2.44. The van der Waals surface area contributed by atoms with Gasteiger partial charge in [-0.1, -0.05) is 12.1 Å². The zero-order chi connectivity index (χ0) is 15.8. The largest absolute Gasteiger partial charge is 0.491 e. The maximum atomic E-state index is 9.85. The Morgan fingerprint density at radius 3 is 2.48 bits per heavy atom. The van der Waals surface area contributed by atoms with E-state index in [1.165, 1.54) is 0 Å². The van der Waals surface area contributed by atoms with Crippen molar-refractivity contribution < 1.29 is 19.3 Å². The fraction of sp³-hybridized carbons (Fsp3) is 0.625. The molecular weight excluding hydrogens is 270 g/mol. The van der Waals surface area contributed by atoms with Crippen LogP contribution in [-0.2, 0) is 9.47 Å². The maximum absolute atomic E-state index is 9.85. The number of aliphatic hydroxyl groups excluding tert-OH is 1. The SMILES string of the molecule is COCC(C)OCC(O)COc1ccc(C(C)N)cc1C. The van der Waals surface area contributed by atoms with E-state index in [2.05, 4.69) is 0 Å². The lowest BCUT2D eigenvalue weighted by Gasteiger charge is -2.17. The van der Waals surface area contributed by atoms with Crippen molar-refractivity contribution in [2.24, 2.45) is 5.73 Å². The average molecular weight is 297 g/mol. The lowest BCUT2D eigenvalue weighted by atomic mass is 10.1. The van der Waals surface area contributed by atoms with Crippen LogP contribution in [0.1, 0.15) is 31.0 Å². The van der Waals surface area contributed by atoms with Gasteiger partial charge in [-0.3, -0.25) is 0 Å². The molecule has 1 rings (SSSR count). The third-order valence-corrected chi connectivity index (χ3v) is 3.13. The minimum Gasteiger partial charge on any atom is -0.491 e. The van der Waals surface area contributed by atoms with Crippen LogP contribution in [0.2, 0.25) is 0 Å². The van der Waals surface area contributed by atoms with Gasteiger partial charge < -0.3 is 25.1 Å². The van der Waals surface area contributed by atoms with Crippen LogP contribution in [0.5, 0.6) is 5.75 Å². The van der Waals surface area contributed by atoms with Gasteiger partial charge in [0.05, 0.1) is 19.3 Å². The molecule has 0 aliphatic carbocycles. The van der Waals surface area contributed by atoms with Gasteiger partial charge in [-0.25, -0.2) is 0 Å². The summed E-state index contributed by atoms with van der Waals surface area (Å²) in [7, 11) is 1.62. The second-order valence-electron chi connectivity index (χ2n) is 5.38. The molecule has 3 unspecified atom stereocenters. The van der Waals surface area contributed by atoms with E-state index >= 15 is 0 Å². The highest BCUT2D eigenvalue weighted by molar-refractivity contribution is 5.37. The zero-order valence-corrected chi connectivity index (χ0v) is 13.3. The molecule has 0 aliphatic rings. The molecule has 0 aromatic heterocycles. The number of aliphatic hydroxyl groups is 1. The molecule has 1 aromatic carbocycles. The van der Waals surface area contributed by atoms with Gasteiger partial charge in [-0.05, 0) is 38.0 Å². The van der Waals surface area contributed by atoms with E-state index in [1.807, 2.05) is 39.0 Å². The van der Waals surface area contributed by atoms with Crippen LogP contribution in [-0.4, -0.2) is 44.2 Å². The quantitative estimate of drug-likeness (QED) is 0.727. The Labute approximate surface area is 127 Å². The summed E-state index contributed by atoms with van der Waals surface area (Å²) in [5.74, 6) is 0.753. The highest BCUT2D eigenvalue weighted by atomic mass is 16.5. The molecule has 3 N–H and O–H groups in total. The first kappa shape index (κ1) is 17.9. The first-order valence-electron chi connectivity index (χ1n) is 7.21. The molecule has 0 bridgehead atoms. The summed E-state index contributed by atoms with van der Waals surface area (Å²) >= 11 is 0. The van der Waals surface area contributed by atoms with Gasteiger partial charge in [0.1, 0.15) is 18.5 Å². The number of hydrogen-bond donors (Lipinski definition) is 2. The smallest absolute Gasteiger partial charge is 0.122 e. The highest BCUT2D eigenvalue weighted by Gasteiger charge is 2.10. The van der Waals surface area contributed by atoms with Crippen LogP contribution >= 0.6 is 0 Å². The number of rotatable bonds is 9. The normalized spacial score (nSPS) is 15.5. The van der Waals surface area contributed by atoms with Crippen LogP contribution in [0.3, 0.4) is 0 Å². The summed E-state index contributed by atoms with van der Waals surface area (Å²) in [6.07, 6.45) is -0.714. The van der Waals surface area contributed by atoms with E-state index < -0.39 is 6.10 Å². The van der Waals surface area contributed by atoms with Gasteiger partial charge in [0.25, 0.3) is 0 Å². The molecule has 0 saturated carbocycles. The summed E-state index contributed by atoms with van der Waals surface area (Å²) in [5, 5.41) is 9.85. The van der Waals surface area contributed by atoms with Crippen molar-refractivity contribution in [3.63, 3.8) is 0 Å². The van der Waals surface area contributed by atoms with Gasteiger partial charge in [0, 0.05) is 13.2 Å². The van der Waals surface area contributed by atoms with Crippen molar-refractivity contribution in [2.75, 3.05) is 26.9 Å². The minimum absolute atomic E-state index is 0.000914. The Kier molecular flexibility index (Phi) is 7.67. The second kappa shape index (κ2) is 9.00. The molecule has 21 heavy (non-hydrogen) atoms. The molecule has 0 saturated heterocycles. The Balaban J connectivity index is 2.41. The van der Waals surface area contributed by atoms with Crippen molar-refractivity contribution in [1.29, 1.82) is 0 Å². The molecule has 3 atom stereocenters. The van der Waals surface area contributed by atoms with Crippen molar-refractivity contribution in [1.82, 2.24) is 0 Å². The number of benzene rings is 1. The molecular formula is C16H27NO4. The Hall–Kier alpha value is -1.14. The number of aryl methyl sites for hydroxylation is 1. The molecule has 0 fully saturated rings. The van der Waals surface area contributed by atoms with E-state index in [4.69, 9.17) is 19.9 Å². The fourth-order valence-corrected chi connectivity index (χ4v) is 1.91. The van der Waals surface area contributed by atoms with Crippen molar-refractivity contribution in [3.05, 3.63) is 29.3 Å². The van der Waals surface area contributed by atoms with Crippen LogP contribution in [0.25, 0.3) is 0 Å². The van der Waals surface area contributed by atoms with Gasteiger partial charge >= 0.3 is 0 Å². The molecule has 1 aromatic rings. The molecule has 5 heteroatoms. The van der Waals surface area contributed by atoms with Crippen LogP contribution in [0.4, 0.5) is 0 Å². The molecule has 0 radical (unpaired) electrons. The number of methoxy groups -OCH3 is 1. The van der Waals surface area contributed by atoms with E-state index in [0.717, 1.165) is 16.9 Å². The van der Waals surface area contributed by atoms with Crippen molar-refractivity contribution >= 4 is 0 Å². The first-order valence-corrected chi connectivity index (χ1v) is 7.21. The van der Waals surface area contributed by atoms with Gasteiger partial charge in [0.15, 0.2) is 0 Å². The Morgan fingerprint density at radius 2 is 1.90 bits per heavy atom. The predicted octanol–water partition coefficient (Wildman–Crippen LogP) is 1.81. The number of hydrogen-bond acceptors (Lipinski definition) is 5. The van der Waals surface area contributed by atoms with E-state index in [9.17, 15) is 5.11 Å². The van der Waals surface area contributed by atoms with E-state index in [1.54, 1.807) is 7.11 Å². The third-order valence-electron chi connectivity index (χ3n) is 3.13. The van der Waals surface area contributed by atoms with Crippen LogP contribution < -0.4 is 10.5 Å². The summed E-state index contributed by atoms with van der Waals surface area (Å²) in [5.41, 5.74) is 7.91. The minimum atomic E-state index is -0.670. The predicted molar refractivity (Wildman–Crippen MR) is 82.6 cm³/mol. The summed E-state index contributed by atoms with van der Waals surface area (Å²) in [6.45, 7) is 6.72. The molecule has 0 spiro atoms. The standard InChI is InChI=1S/C16H27NO4/c1-11-7-14(13(3)17)5-6-16(11)21-10-15(18)9-20-12(2)8-19-4/h5-7,12-13,15,18H,8-10,17H2,1-4H3. The Bertz CT molecular complexity index is 423. The lowest BCUT2D eigenvalue weighted by molar-refractivity contribution is -0.0423. The van der Waals surface area contributed by atoms with Crippen LogP contribution in [0.15, 0.2) is 18.2 Å². The van der Waals surface area contributed by atoms with Crippen LogP contribution in [0, 0.1) is 6.92 Å². The van der Waals surface area contributed by atoms with Gasteiger partial charge in [-0.2, -0.15) is 0 Å². The monoisotopic (exact) mass is 297 g/mol. The van der Waals surface area contributed by atoms with Crippen molar-refractivity contribution in [2.45, 2.75) is 39.0 Å². The summed E-state index contributed by atoms with van der Waals surface area (Å²) in [4.78, 5) is 0. The molecule has 120 valence electrons. The second-order valence-corrected chi connectivity index (χ2v) is 5.38.